The highest BCUT2D eigenvalue weighted by Crippen LogP contribution is 2.42. The first-order valence-corrected chi connectivity index (χ1v) is 11.1. The van der Waals surface area contributed by atoms with E-state index in [2.05, 4.69) is 28.5 Å². The molecule has 162 valence electrons. The number of nitrogens with zero attached hydrogens (tertiary/aromatic N) is 2. The van der Waals surface area contributed by atoms with Crippen molar-refractivity contribution in [3.05, 3.63) is 35.0 Å². The minimum atomic E-state index is -0.596. The second-order valence-electron chi connectivity index (χ2n) is 8.35. The van der Waals surface area contributed by atoms with Crippen LogP contribution in [0.1, 0.15) is 55.8 Å². The summed E-state index contributed by atoms with van der Waals surface area (Å²) in [6, 6.07) is 6.49. The number of hydrogen-bond acceptors (Lipinski definition) is 4. The van der Waals surface area contributed by atoms with Gasteiger partial charge in [0, 0.05) is 42.1 Å². The van der Waals surface area contributed by atoms with Crippen LogP contribution in [-0.2, 0) is 17.7 Å². The second-order valence-corrected chi connectivity index (χ2v) is 8.35. The lowest BCUT2D eigenvalue weighted by Gasteiger charge is -2.37. The fourth-order valence-electron chi connectivity index (χ4n) is 5.04. The summed E-state index contributed by atoms with van der Waals surface area (Å²) in [5, 5.41) is 4.96. The molecule has 0 radical (unpaired) electrons. The number of fused-ring (bicyclic) bond motifs is 2. The number of ether oxygens (including phenoxy) is 1. The van der Waals surface area contributed by atoms with Gasteiger partial charge in [0.1, 0.15) is 0 Å². The molecule has 1 aromatic carbocycles. The van der Waals surface area contributed by atoms with E-state index in [4.69, 9.17) is 4.74 Å². The SMILES string of the molecule is CCCN(C)C(=O)N(Cc1[nH]c2cccc3c2c1C[C@H]1NCCCC31)C(=O)OCC. The highest BCUT2D eigenvalue weighted by Gasteiger charge is 2.35. The maximum absolute atomic E-state index is 13.0. The Morgan fingerprint density at radius 1 is 1.27 bits per heavy atom. The zero-order valence-corrected chi connectivity index (χ0v) is 18.2. The summed E-state index contributed by atoms with van der Waals surface area (Å²) in [7, 11) is 1.72. The molecule has 1 aliphatic carbocycles. The topological polar surface area (TPSA) is 77.7 Å². The molecule has 2 heterocycles. The zero-order chi connectivity index (χ0) is 21.3. The maximum Gasteiger partial charge on any atom is 0.418 e. The van der Waals surface area contributed by atoms with Gasteiger partial charge in [-0.2, -0.15) is 0 Å². The van der Waals surface area contributed by atoms with E-state index in [1.807, 2.05) is 6.92 Å². The molecule has 0 bridgehead atoms. The van der Waals surface area contributed by atoms with E-state index in [-0.39, 0.29) is 19.2 Å². The number of hydrogen-bond donors (Lipinski definition) is 2. The number of benzene rings is 1. The summed E-state index contributed by atoms with van der Waals surface area (Å²) in [5.74, 6) is 0.525. The summed E-state index contributed by atoms with van der Waals surface area (Å²) >= 11 is 0. The van der Waals surface area contributed by atoms with Crippen molar-refractivity contribution in [3.8, 4) is 0 Å². The van der Waals surface area contributed by atoms with E-state index in [0.717, 1.165) is 30.6 Å². The summed E-state index contributed by atoms with van der Waals surface area (Å²) in [6.45, 7) is 5.82. The van der Waals surface area contributed by atoms with Crippen LogP contribution in [0.15, 0.2) is 18.2 Å². The van der Waals surface area contributed by atoms with Gasteiger partial charge in [0.25, 0.3) is 0 Å². The number of aromatic amines is 1. The molecule has 2 atom stereocenters. The second kappa shape index (κ2) is 8.68. The van der Waals surface area contributed by atoms with Crippen LogP contribution in [0.4, 0.5) is 9.59 Å². The van der Waals surface area contributed by atoms with Gasteiger partial charge in [0.05, 0.1) is 13.2 Å². The molecule has 1 fully saturated rings. The van der Waals surface area contributed by atoms with Crippen molar-refractivity contribution in [3.63, 3.8) is 0 Å². The Morgan fingerprint density at radius 3 is 2.87 bits per heavy atom. The molecule has 30 heavy (non-hydrogen) atoms. The number of amides is 3. The number of carbonyl (C=O) groups is 2. The average Bonchev–Trinajstić information content (AvgIpc) is 3.10. The molecule has 1 aliphatic heterocycles. The lowest BCUT2D eigenvalue weighted by Crippen LogP contribution is -2.45. The molecule has 2 aliphatic rings. The molecule has 4 rings (SSSR count). The van der Waals surface area contributed by atoms with Gasteiger partial charge in [-0.05, 0) is 56.3 Å². The van der Waals surface area contributed by atoms with Gasteiger partial charge < -0.3 is 19.9 Å². The molecule has 3 amide bonds. The van der Waals surface area contributed by atoms with E-state index in [1.54, 1.807) is 18.9 Å². The average molecular weight is 413 g/mol. The number of aromatic nitrogens is 1. The molecule has 7 heteroatoms. The van der Waals surface area contributed by atoms with Crippen LogP contribution in [0, 0.1) is 0 Å². The number of piperidine rings is 1. The molecule has 0 saturated carbocycles. The van der Waals surface area contributed by atoms with Gasteiger partial charge in [-0.3, -0.25) is 0 Å². The molecule has 2 aromatic rings. The summed E-state index contributed by atoms with van der Waals surface area (Å²) < 4.78 is 5.21. The smallest absolute Gasteiger partial charge is 0.418 e. The molecule has 7 nitrogen and oxygen atoms in total. The molecular weight excluding hydrogens is 380 g/mol. The van der Waals surface area contributed by atoms with Crippen LogP contribution in [-0.4, -0.2) is 59.7 Å². The van der Waals surface area contributed by atoms with Crippen molar-refractivity contribution >= 4 is 23.0 Å². The van der Waals surface area contributed by atoms with Crippen LogP contribution in [0.5, 0.6) is 0 Å². The molecule has 1 aromatic heterocycles. The quantitative estimate of drug-likeness (QED) is 0.779. The lowest BCUT2D eigenvalue weighted by atomic mass is 9.75. The van der Waals surface area contributed by atoms with Gasteiger partial charge >= 0.3 is 12.1 Å². The van der Waals surface area contributed by atoms with Crippen molar-refractivity contribution in [1.82, 2.24) is 20.1 Å². The Kier molecular flexibility index (Phi) is 5.99. The Morgan fingerprint density at radius 2 is 2.10 bits per heavy atom. The first kappa shape index (κ1) is 20.7. The molecular formula is C23H32N4O3. The van der Waals surface area contributed by atoms with Gasteiger partial charge in [0.2, 0.25) is 0 Å². The maximum atomic E-state index is 13.0. The summed E-state index contributed by atoms with van der Waals surface area (Å²) in [4.78, 5) is 32.0. The van der Waals surface area contributed by atoms with Crippen molar-refractivity contribution in [2.75, 3.05) is 26.7 Å². The number of urea groups is 1. The normalized spacial score (nSPS) is 20.0. The van der Waals surface area contributed by atoms with Crippen LogP contribution in [0.25, 0.3) is 10.9 Å². The van der Waals surface area contributed by atoms with Crippen molar-refractivity contribution < 1.29 is 14.3 Å². The fourth-order valence-corrected chi connectivity index (χ4v) is 5.04. The van der Waals surface area contributed by atoms with Crippen LogP contribution >= 0.6 is 0 Å². The third kappa shape index (κ3) is 3.67. The standard InChI is InChI=1S/C23H32N4O3/c1-4-12-26(3)22(28)27(23(29)30-5-2)14-20-17-13-19-15(9-7-11-24-19)16-8-6-10-18(25-20)21(16)17/h6,8,10,15,19,24-25H,4-5,7,9,11-14H2,1-3H3/t15?,19-/m1/s1. The Labute approximate surface area is 177 Å². The molecule has 1 saturated heterocycles. The van der Waals surface area contributed by atoms with Crippen molar-refractivity contribution in [2.45, 2.75) is 58.0 Å². The minimum absolute atomic E-state index is 0.187. The monoisotopic (exact) mass is 412 g/mol. The van der Waals surface area contributed by atoms with Gasteiger partial charge in [-0.15, -0.1) is 0 Å². The third-order valence-corrected chi connectivity index (χ3v) is 6.38. The number of rotatable bonds is 5. The minimum Gasteiger partial charge on any atom is -0.449 e. The van der Waals surface area contributed by atoms with Crippen LogP contribution in [0.2, 0.25) is 0 Å². The Balaban J connectivity index is 1.71. The molecule has 2 N–H and O–H groups in total. The fraction of sp³-hybridized carbons (Fsp3) is 0.565. The van der Waals surface area contributed by atoms with E-state index in [0.29, 0.717) is 18.5 Å². The van der Waals surface area contributed by atoms with E-state index >= 15 is 0 Å². The number of nitrogens with one attached hydrogen (secondary N) is 2. The predicted molar refractivity (Wildman–Crippen MR) is 117 cm³/mol. The summed E-state index contributed by atoms with van der Waals surface area (Å²) in [5.41, 5.74) is 4.61. The van der Waals surface area contributed by atoms with E-state index in [1.165, 1.54) is 34.3 Å². The molecule has 0 spiro atoms. The highest BCUT2D eigenvalue weighted by atomic mass is 16.6. The predicted octanol–water partition coefficient (Wildman–Crippen LogP) is 3.98. The molecule has 1 unspecified atom stereocenters. The Bertz CT molecular complexity index is 938. The van der Waals surface area contributed by atoms with Gasteiger partial charge in [-0.1, -0.05) is 19.1 Å². The summed E-state index contributed by atoms with van der Waals surface area (Å²) in [6.07, 6.45) is 3.54. The van der Waals surface area contributed by atoms with Crippen LogP contribution in [0.3, 0.4) is 0 Å². The highest BCUT2D eigenvalue weighted by molar-refractivity contribution is 5.92. The van der Waals surface area contributed by atoms with Gasteiger partial charge in [-0.25, -0.2) is 14.5 Å². The van der Waals surface area contributed by atoms with E-state index < -0.39 is 6.09 Å². The third-order valence-electron chi connectivity index (χ3n) is 6.38. The lowest BCUT2D eigenvalue weighted by molar-refractivity contribution is 0.102. The largest absolute Gasteiger partial charge is 0.449 e. The van der Waals surface area contributed by atoms with Gasteiger partial charge in [0.15, 0.2) is 0 Å². The number of imide groups is 1. The van der Waals surface area contributed by atoms with Crippen molar-refractivity contribution in [2.24, 2.45) is 0 Å². The Hall–Kier alpha value is -2.54. The van der Waals surface area contributed by atoms with E-state index in [9.17, 15) is 9.59 Å². The van der Waals surface area contributed by atoms with Crippen molar-refractivity contribution in [1.29, 1.82) is 0 Å². The number of H-pyrrole nitrogens is 1. The number of carbonyl (C=O) groups excluding carboxylic acids is 2. The first-order valence-electron chi connectivity index (χ1n) is 11.1. The first-order chi connectivity index (χ1) is 14.5. The zero-order valence-electron chi connectivity index (χ0n) is 18.2. The van der Waals surface area contributed by atoms with Crippen LogP contribution < -0.4 is 5.32 Å².